The molecule has 42 heavy (non-hydrogen) atoms. The molecular weight excluding hydrogens is 608 g/mol. The minimum absolute atomic E-state index is 0.154. The fraction of sp³-hybridized carbons (Fsp3) is 0.100. The third kappa shape index (κ3) is 6.45. The van der Waals surface area contributed by atoms with Crippen molar-refractivity contribution < 1.29 is 38.9 Å². The number of hydrogen-bond acceptors (Lipinski definition) is 14. The third-order valence-corrected chi connectivity index (χ3v) is 5.89. The van der Waals surface area contributed by atoms with Gasteiger partial charge in [0.05, 0.1) is 56.0 Å². The van der Waals surface area contributed by atoms with Crippen molar-refractivity contribution in [3.8, 4) is 0 Å². The highest BCUT2D eigenvalue weighted by atomic mass is 32.1. The first-order chi connectivity index (χ1) is 19.6. The Morgan fingerprint density at radius 1 is 0.595 bits per heavy atom. The largest absolute Gasteiger partial charge is 0.353 e. The minimum atomic E-state index is -0.957. The quantitative estimate of drug-likeness (QED) is 0.195. The number of imide groups is 2. The van der Waals surface area contributed by atoms with E-state index in [-0.39, 0.29) is 34.4 Å². The van der Waals surface area contributed by atoms with Gasteiger partial charge in [-0.2, -0.15) is 0 Å². The molecule has 0 aliphatic carbocycles. The van der Waals surface area contributed by atoms with E-state index in [9.17, 15) is 59.6 Å². The van der Waals surface area contributed by atoms with E-state index in [1.165, 1.54) is 0 Å². The summed E-state index contributed by atoms with van der Waals surface area (Å²) in [6, 6.07) is 4.85. The fourth-order valence-corrected chi connectivity index (χ4v) is 3.89. The van der Waals surface area contributed by atoms with Crippen molar-refractivity contribution in [2.45, 2.75) is 0 Å². The summed E-state index contributed by atoms with van der Waals surface area (Å²) in [7, 11) is 0. The van der Waals surface area contributed by atoms with Gasteiger partial charge in [0.2, 0.25) is 0 Å². The first kappa shape index (κ1) is 30.6. The summed E-state index contributed by atoms with van der Waals surface area (Å²) in [6.07, 6.45) is 0. The molecule has 0 unspecified atom stereocenters. The van der Waals surface area contributed by atoms with Crippen molar-refractivity contribution in [2.24, 2.45) is 0 Å². The van der Waals surface area contributed by atoms with Gasteiger partial charge in [0.15, 0.2) is 10.2 Å². The number of rotatable bonds is 6. The number of carbonyl (C=O) groups is 4. The van der Waals surface area contributed by atoms with Crippen molar-refractivity contribution in [2.75, 3.05) is 13.1 Å². The molecule has 0 radical (unpaired) electrons. The summed E-state index contributed by atoms with van der Waals surface area (Å²) in [5, 5.41) is 47.6. The van der Waals surface area contributed by atoms with Gasteiger partial charge >= 0.3 is 0 Å². The second-order valence-corrected chi connectivity index (χ2v) is 8.66. The highest BCUT2D eigenvalue weighted by Gasteiger charge is 2.35. The number of nitrogens with one attached hydrogen (secondary N) is 2. The van der Waals surface area contributed by atoms with E-state index < -0.39 is 66.1 Å². The lowest BCUT2D eigenvalue weighted by atomic mass is 10.1. The Balaban J connectivity index is 0.000000230. The molecule has 2 aliphatic heterocycles. The molecule has 22 heteroatoms. The molecule has 2 heterocycles. The van der Waals surface area contributed by atoms with Crippen LogP contribution in [0.15, 0.2) is 36.4 Å². The molecule has 216 valence electrons. The predicted octanol–water partition coefficient (Wildman–Crippen LogP) is 0.720. The van der Waals surface area contributed by atoms with Crippen molar-refractivity contribution in [1.82, 2.24) is 20.4 Å². The lowest BCUT2D eigenvalue weighted by Gasteiger charge is -2.12. The summed E-state index contributed by atoms with van der Waals surface area (Å²) >= 11 is 9.54. The van der Waals surface area contributed by atoms with Crippen LogP contribution in [0.5, 0.6) is 0 Å². The van der Waals surface area contributed by atoms with Crippen LogP contribution in [0.1, 0.15) is 20.7 Å². The molecular formula is C20H12N8O12S2. The number of nitro benzene ring substituents is 4. The summed E-state index contributed by atoms with van der Waals surface area (Å²) in [5.74, 6) is -3.19. The van der Waals surface area contributed by atoms with Crippen LogP contribution < -0.4 is 10.6 Å². The van der Waals surface area contributed by atoms with Crippen LogP contribution in [0.25, 0.3) is 0 Å². The van der Waals surface area contributed by atoms with Gasteiger partial charge < -0.3 is 10.6 Å². The Bertz CT molecular complexity index is 1430. The molecule has 2 aliphatic rings. The lowest BCUT2D eigenvalue weighted by molar-refractivity contribution is -0.394. The second kappa shape index (κ2) is 12.1. The number of hydrogen-bond donors (Lipinski definition) is 2. The summed E-state index contributed by atoms with van der Waals surface area (Å²) < 4.78 is 0. The molecule has 0 saturated carbocycles. The van der Waals surface area contributed by atoms with E-state index in [0.717, 1.165) is 36.4 Å². The molecule has 2 fully saturated rings. The number of carbonyl (C=O) groups excluding carboxylic acids is 4. The van der Waals surface area contributed by atoms with E-state index in [1.807, 2.05) is 0 Å². The monoisotopic (exact) mass is 620 g/mol. The van der Waals surface area contributed by atoms with Crippen LogP contribution in [0, 0.1) is 40.5 Å². The summed E-state index contributed by atoms with van der Waals surface area (Å²) in [4.78, 5) is 88.1. The minimum Gasteiger partial charge on any atom is -0.353 e. The van der Waals surface area contributed by atoms with Crippen LogP contribution in [0.3, 0.4) is 0 Å². The number of nitrogens with zero attached hydrogens (tertiary/aromatic N) is 6. The maximum atomic E-state index is 12.1. The maximum Gasteiger partial charge on any atom is 0.277 e. The number of benzene rings is 2. The second-order valence-electron chi connectivity index (χ2n) is 7.89. The van der Waals surface area contributed by atoms with E-state index in [0.29, 0.717) is 9.80 Å². The van der Waals surface area contributed by atoms with Crippen molar-refractivity contribution in [3.05, 3.63) is 88.0 Å². The zero-order chi connectivity index (χ0) is 31.5. The van der Waals surface area contributed by atoms with E-state index in [4.69, 9.17) is 24.4 Å². The zero-order valence-corrected chi connectivity index (χ0v) is 21.9. The van der Waals surface area contributed by atoms with E-state index >= 15 is 0 Å². The Kier molecular flexibility index (Phi) is 8.82. The molecule has 0 atom stereocenters. The average Bonchev–Trinajstić information content (AvgIpc) is 3.46. The fourth-order valence-electron chi connectivity index (χ4n) is 3.37. The summed E-state index contributed by atoms with van der Waals surface area (Å²) in [6.45, 7) is -0.358. The standard InChI is InChI=1S/2C10H6N4O6S/c2*15-8-4-11-10(21)12(8)9(16)5-1-6(13(17)18)3-7(2-5)14(19)20/h2*1-3H,4H2,(H,11,21). The first-order valence-electron chi connectivity index (χ1n) is 10.8. The highest BCUT2D eigenvalue weighted by molar-refractivity contribution is 7.80. The number of thiocarbonyl (C=S) groups is 2. The molecule has 2 N–H and O–H groups in total. The number of non-ortho nitro benzene ring substituents is 4. The van der Waals surface area contributed by atoms with E-state index in [1.54, 1.807) is 0 Å². The zero-order valence-electron chi connectivity index (χ0n) is 20.3. The van der Waals surface area contributed by atoms with E-state index in [2.05, 4.69) is 10.6 Å². The third-order valence-electron chi connectivity index (χ3n) is 5.24. The molecule has 2 saturated heterocycles. The van der Waals surface area contributed by atoms with Gasteiger partial charge in [-0.25, -0.2) is 9.80 Å². The average molecular weight is 620 g/mol. The topological polar surface area (TPSA) is 271 Å². The van der Waals surface area contributed by atoms with Crippen LogP contribution in [-0.4, -0.2) is 76.4 Å². The normalized spacial score (nSPS) is 14.0. The first-order valence-corrected chi connectivity index (χ1v) is 11.6. The van der Waals surface area contributed by atoms with Crippen LogP contribution in [0.4, 0.5) is 22.7 Å². The molecule has 0 spiro atoms. The van der Waals surface area contributed by atoms with Crippen LogP contribution in [0.2, 0.25) is 0 Å². The molecule has 4 rings (SSSR count). The van der Waals surface area contributed by atoms with Crippen LogP contribution in [-0.2, 0) is 9.59 Å². The van der Waals surface area contributed by atoms with Gasteiger partial charge in [-0.3, -0.25) is 59.6 Å². The SMILES string of the molecule is O=C1CNC(=S)N1C(=O)c1cc([N+](=O)[O-])cc([N+](=O)[O-])c1.O=C1CNC(=S)N1C(=O)c1cc([N+](=O)[O-])cc([N+](=O)[O-])c1. The van der Waals surface area contributed by atoms with Gasteiger partial charge in [-0.15, -0.1) is 0 Å². The molecule has 2 aromatic carbocycles. The Hall–Kier alpha value is -5.90. The molecule has 20 nitrogen and oxygen atoms in total. The predicted molar refractivity (Wildman–Crippen MR) is 143 cm³/mol. The lowest BCUT2D eigenvalue weighted by Crippen LogP contribution is -2.36. The molecule has 0 aromatic heterocycles. The van der Waals surface area contributed by atoms with Gasteiger partial charge in [0.1, 0.15) is 0 Å². The van der Waals surface area contributed by atoms with Crippen LogP contribution >= 0.6 is 24.4 Å². The van der Waals surface area contributed by atoms with Crippen molar-refractivity contribution in [1.29, 1.82) is 0 Å². The molecule has 0 bridgehead atoms. The number of nitro groups is 4. The molecule has 2 aromatic rings. The summed E-state index contributed by atoms with van der Waals surface area (Å²) in [5.41, 5.74) is -3.24. The Morgan fingerprint density at radius 2 is 0.857 bits per heavy atom. The number of amides is 4. The van der Waals surface area contributed by atoms with Gasteiger partial charge in [-0.1, -0.05) is 0 Å². The Labute approximate surface area is 241 Å². The van der Waals surface area contributed by atoms with Crippen molar-refractivity contribution >= 4 is 81.0 Å². The van der Waals surface area contributed by atoms with Gasteiger partial charge in [0, 0.05) is 24.3 Å². The Morgan fingerprint density at radius 3 is 1.05 bits per heavy atom. The smallest absolute Gasteiger partial charge is 0.277 e. The maximum absolute atomic E-state index is 12.1. The van der Waals surface area contributed by atoms with Crippen molar-refractivity contribution in [3.63, 3.8) is 0 Å². The van der Waals surface area contributed by atoms with Gasteiger partial charge in [0.25, 0.3) is 46.4 Å². The van der Waals surface area contributed by atoms with Gasteiger partial charge in [-0.05, 0) is 24.4 Å². The highest BCUT2D eigenvalue weighted by Crippen LogP contribution is 2.25. The molecule has 4 amide bonds.